The first-order valence-electron chi connectivity index (χ1n) is 12.7. The van der Waals surface area contributed by atoms with Crippen LogP contribution in [0.25, 0.3) is 0 Å². The molecule has 1 heterocycles. The standard InChI is InChI=1S/C26H37F2NO2S/c1-15-9-11-26(31)22(23(26)24(27)28)17(15)6-5-16-4-3-10-25(2)18(16)7-8-19(25)20(30)14-21-29-12-13-32-21/h12-13,15-19,22-24,31H,3-11,14H2,1-2H3/t15-,16-,17+,18-,19+,22?,23?,25-,26+/m0/s1. The second-order valence-corrected chi connectivity index (χ2v) is 12.6. The van der Waals surface area contributed by atoms with E-state index in [9.17, 15) is 18.7 Å². The molecular formula is C26H37F2NO2S. The van der Waals surface area contributed by atoms with Gasteiger partial charge in [0.05, 0.1) is 22.9 Å². The molecule has 0 saturated heterocycles. The Morgan fingerprint density at radius 1 is 1.25 bits per heavy atom. The van der Waals surface area contributed by atoms with E-state index in [4.69, 9.17) is 0 Å². The average Bonchev–Trinajstić information content (AvgIpc) is 3.05. The van der Waals surface area contributed by atoms with Gasteiger partial charge in [-0.1, -0.05) is 26.7 Å². The van der Waals surface area contributed by atoms with Crippen LogP contribution < -0.4 is 0 Å². The lowest BCUT2D eigenvalue weighted by Crippen LogP contribution is -2.40. The molecule has 4 aliphatic carbocycles. The van der Waals surface area contributed by atoms with Crippen LogP contribution in [0.5, 0.6) is 0 Å². The molecule has 32 heavy (non-hydrogen) atoms. The summed E-state index contributed by atoms with van der Waals surface area (Å²) in [6, 6.07) is 0. The maximum absolute atomic E-state index is 13.5. The predicted molar refractivity (Wildman–Crippen MR) is 122 cm³/mol. The number of hydrogen-bond acceptors (Lipinski definition) is 4. The van der Waals surface area contributed by atoms with E-state index < -0.39 is 17.9 Å². The van der Waals surface area contributed by atoms with E-state index in [0.29, 0.717) is 36.4 Å². The van der Waals surface area contributed by atoms with Crippen LogP contribution in [0.2, 0.25) is 0 Å². The third-order valence-corrected chi connectivity index (χ3v) is 11.0. The van der Waals surface area contributed by atoms with Gasteiger partial charge in [0, 0.05) is 23.4 Å². The second-order valence-electron chi connectivity index (χ2n) is 11.6. The molecule has 9 atom stereocenters. The highest BCUT2D eigenvalue weighted by Crippen LogP contribution is 2.66. The molecule has 0 spiro atoms. The maximum atomic E-state index is 13.5. The molecule has 3 nitrogen and oxygen atoms in total. The minimum Gasteiger partial charge on any atom is -0.389 e. The van der Waals surface area contributed by atoms with Crippen molar-refractivity contribution >= 4 is 17.1 Å². The van der Waals surface area contributed by atoms with Crippen LogP contribution in [0, 0.1) is 46.8 Å². The monoisotopic (exact) mass is 465 g/mol. The Bertz CT molecular complexity index is 832. The van der Waals surface area contributed by atoms with Crippen LogP contribution in [0.3, 0.4) is 0 Å². The van der Waals surface area contributed by atoms with Crippen LogP contribution in [-0.2, 0) is 11.2 Å². The van der Waals surface area contributed by atoms with Gasteiger partial charge in [-0.3, -0.25) is 4.79 Å². The van der Waals surface area contributed by atoms with E-state index in [0.717, 1.165) is 50.0 Å². The van der Waals surface area contributed by atoms with Crippen molar-refractivity contribution in [2.75, 3.05) is 0 Å². The van der Waals surface area contributed by atoms with Gasteiger partial charge in [-0.25, -0.2) is 13.8 Å². The number of aliphatic hydroxyl groups is 1. The molecule has 178 valence electrons. The summed E-state index contributed by atoms with van der Waals surface area (Å²) >= 11 is 1.56. The Labute approximate surface area is 194 Å². The fourth-order valence-electron chi connectivity index (χ4n) is 8.56. The van der Waals surface area contributed by atoms with Gasteiger partial charge in [0.15, 0.2) is 0 Å². The Hall–Kier alpha value is -0.880. The smallest absolute Gasteiger partial charge is 0.244 e. The van der Waals surface area contributed by atoms with Gasteiger partial charge in [-0.15, -0.1) is 11.3 Å². The van der Waals surface area contributed by atoms with E-state index in [1.54, 1.807) is 17.5 Å². The summed E-state index contributed by atoms with van der Waals surface area (Å²) in [6.07, 6.45) is 8.82. The van der Waals surface area contributed by atoms with Gasteiger partial charge in [0.25, 0.3) is 0 Å². The third-order valence-electron chi connectivity index (χ3n) is 10.2. The first-order valence-corrected chi connectivity index (χ1v) is 13.5. The van der Waals surface area contributed by atoms with Crippen molar-refractivity contribution in [3.63, 3.8) is 0 Å². The molecule has 2 unspecified atom stereocenters. The number of alkyl halides is 2. The lowest BCUT2D eigenvalue weighted by molar-refractivity contribution is -0.127. The van der Waals surface area contributed by atoms with Gasteiger partial charge >= 0.3 is 0 Å². The molecule has 0 bridgehead atoms. The molecule has 1 N–H and O–H groups in total. The number of hydrogen-bond donors (Lipinski definition) is 1. The number of ketones is 1. The number of Topliss-reactive ketones (excluding diaryl/α,β-unsaturated/α-hetero) is 1. The summed E-state index contributed by atoms with van der Waals surface area (Å²) in [5, 5.41) is 13.6. The summed E-state index contributed by atoms with van der Waals surface area (Å²) in [6.45, 7) is 4.54. The average molecular weight is 466 g/mol. The molecule has 4 saturated carbocycles. The fraction of sp³-hybridized carbons (Fsp3) is 0.846. The Balaban J connectivity index is 1.24. The second kappa shape index (κ2) is 8.41. The number of thiazole rings is 1. The molecule has 0 radical (unpaired) electrons. The quantitative estimate of drug-likeness (QED) is 0.525. The number of halogens is 2. The number of carbonyl (C=O) groups is 1. The van der Waals surface area contributed by atoms with Crippen molar-refractivity contribution in [2.24, 2.45) is 46.8 Å². The number of nitrogens with zero attached hydrogens (tertiary/aromatic N) is 1. The van der Waals surface area contributed by atoms with Crippen molar-refractivity contribution in [3.8, 4) is 0 Å². The molecule has 1 aromatic rings. The van der Waals surface area contributed by atoms with Crippen LogP contribution in [0.15, 0.2) is 11.6 Å². The molecule has 0 amide bonds. The van der Waals surface area contributed by atoms with E-state index in [-0.39, 0.29) is 23.2 Å². The fourth-order valence-corrected chi connectivity index (χ4v) is 9.18. The van der Waals surface area contributed by atoms with Gasteiger partial charge in [0.2, 0.25) is 6.43 Å². The predicted octanol–water partition coefficient (Wildman–Crippen LogP) is 6.16. The van der Waals surface area contributed by atoms with E-state index in [1.165, 1.54) is 6.42 Å². The first-order chi connectivity index (χ1) is 15.3. The Morgan fingerprint density at radius 3 is 2.78 bits per heavy atom. The lowest BCUT2D eigenvalue weighted by atomic mass is 9.59. The van der Waals surface area contributed by atoms with Crippen LogP contribution in [0.1, 0.15) is 76.6 Å². The zero-order chi connectivity index (χ0) is 22.7. The highest BCUT2D eigenvalue weighted by Gasteiger charge is 2.71. The topological polar surface area (TPSA) is 50.2 Å². The molecule has 1 aromatic heterocycles. The number of fused-ring (bicyclic) bond motifs is 2. The van der Waals surface area contributed by atoms with Gasteiger partial charge in [-0.05, 0) is 74.0 Å². The number of carbonyl (C=O) groups excluding carboxylic acids is 1. The maximum Gasteiger partial charge on any atom is 0.244 e. The molecule has 6 heteroatoms. The van der Waals surface area contributed by atoms with Crippen LogP contribution in [-0.4, -0.2) is 27.9 Å². The molecule has 5 rings (SSSR count). The molecular weight excluding hydrogens is 428 g/mol. The zero-order valence-corrected chi connectivity index (χ0v) is 20.1. The minimum absolute atomic E-state index is 0.0707. The summed E-state index contributed by atoms with van der Waals surface area (Å²) in [7, 11) is 0. The summed E-state index contributed by atoms with van der Waals surface area (Å²) in [5.41, 5.74) is -1.03. The molecule has 0 aromatic carbocycles. The van der Waals surface area contributed by atoms with Crippen molar-refractivity contribution in [3.05, 3.63) is 16.6 Å². The number of aromatic nitrogens is 1. The number of rotatable bonds is 7. The van der Waals surface area contributed by atoms with Crippen molar-refractivity contribution in [2.45, 2.75) is 90.1 Å². The van der Waals surface area contributed by atoms with E-state index >= 15 is 0 Å². The molecule has 0 aliphatic heterocycles. The summed E-state index contributed by atoms with van der Waals surface area (Å²) < 4.78 is 27.1. The van der Waals surface area contributed by atoms with Gasteiger partial charge < -0.3 is 5.11 Å². The van der Waals surface area contributed by atoms with Gasteiger partial charge in [0.1, 0.15) is 5.78 Å². The highest BCUT2D eigenvalue weighted by atomic mass is 32.1. The van der Waals surface area contributed by atoms with E-state index in [2.05, 4.69) is 18.8 Å². The minimum atomic E-state index is -2.41. The largest absolute Gasteiger partial charge is 0.389 e. The molecule has 4 aliphatic rings. The Morgan fingerprint density at radius 2 is 2.06 bits per heavy atom. The zero-order valence-electron chi connectivity index (χ0n) is 19.3. The van der Waals surface area contributed by atoms with E-state index in [1.807, 2.05) is 5.38 Å². The van der Waals surface area contributed by atoms with Gasteiger partial charge in [-0.2, -0.15) is 0 Å². The van der Waals surface area contributed by atoms with Crippen molar-refractivity contribution < 1.29 is 18.7 Å². The SMILES string of the molecule is C[C@H]1CC[C@]2(O)C(C(F)F)C2[C@@H]1CC[C@@H]1CCC[C@]2(C)[C@@H](C(=O)Cc3nccs3)CC[C@@H]12. The normalized spacial score (nSPS) is 45.5. The Kier molecular flexibility index (Phi) is 6.01. The highest BCUT2D eigenvalue weighted by molar-refractivity contribution is 7.09. The van der Waals surface area contributed by atoms with Crippen LogP contribution in [0.4, 0.5) is 8.78 Å². The van der Waals surface area contributed by atoms with Crippen molar-refractivity contribution in [1.29, 1.82) is 0 Å². The van der Waals surface area contributed by atoms with Crippen LogP contribution >= 0.6 is 11.3 Å². The lowest BCUT2D eigenvalue weighted by Gasteiger charge is -2.45. The first kappa shape index (κ1) is 22.9. The third kappa shape index (κ3) is 3.68. The van der Waals surface area contributed by atoms with Crippen molar-refractivity contribution in [1.82, 2.24) is 4.98 Å². The summed E-state index contributed by atoms with van der Waals surface area (Å²) in [5.74, 6) is 1.23. The molecule has 4 fully saturated rings. The summed E-state index contributed by atoms with van der Waals surface area (Å²) in [4.78, 5) is 17.5.